The number of ether oxygens (including phenoxy) is 1. The first-order valence-electron chi connectivity index (χ1n) is 5.75. The molecule has 0 aliphatic carbocycles. The van der Waals surface area contributed by atoms with Crippen molar-refractivity contribution in [3.05, 3.63) is 33.6 Å². The predicted octanol–water partition coefficient (Wildman–Crippen LogP) is 4.00. The van der Waals surface area contributed by atoms with Crippen LogP contribution < -0.4 is 4.74 Å². The van der Waals surface area contributed by atoms with Gasteiger partial charge in [-0.05, 0) is 43.5 Å². The van der Waals surface area contributed by atoms with Crippen LogP contribution in [0.2, 0.25) is 0 Å². The van der Waals surface area contributed by atoms with E-state index in [2.05, 4.69) is 43.3 Å². The highest BCUT2D eigenvalue weighted by atomic mass is 32.1. The van der Waals surface area contributed by atoms with E-state index in [9.17, 15) is 0 Å². The van der Waals surface area contributed by atoms with Gasteiger partial charge in [0.25, 0.3) is 0 Å². The van der Waals surface area contributed by atoms with E-state index in [-0.39, 0.29) is 0 Å². The van der Waals surface area contributed by atoms with Crippen molar-refractivity contribution >= 4 is 11.3 Å². The molecule has 2 aromatic rings. The second-order valence-electron chi connectivity index (χ2n) is 4.12. The van der Waals surface area contributed by atoms with Crippen LogP contribution in [0.1, 0.15) is 23.1 Å². The third-order valence-electron chi connectivity index (χ3n) is 2.81. The largest absolute Gasteiger partial charge is 0.496 e. The molecule has 0 N–H and O–H groups in total. The minimum Gasteiger partial charge on any atom is -0.496 e. The zero-order valence-electron chi connectivity index (χ0n) is 10.7. The molecule has 0 atom stereocenters. The number of hydrogen-bond acceptors (Lipinski definition) is 3. The Hall–Kier alpha value is -1.35. The molecular formula is C14H17NOS. The van der Waals surface area contributed by atoms with E-state index in [1.54, 1.807) is 18.4 Å². The molecule has 17 heavy (non-hydrogen) atoms. The van der Waals surface area contributed by atoms with Gasteiger partial charge in [-0.15, -0.1) is 11.3 Å². The van der Waals surface area contributed by atoms with E-state index in [4.69, 9.17) is 4.74 Å². The number of aromatic nitrogens is 1. The average Bonchev–Trinajstić information content (AvgIpc) is 2.77. The Morgan fingerprint density at radius 1 is 1.24 bits per heavy atom. The molecule has 90 valence electrons. The fourth-order valence-corrected chi connectivity index (χ4v) is 2.78. The summed E-state index contributed by atoms with van der Waals surface area (Å²) >= 11 is 1.72. The third kappa shape index (κ3) is 2.34. The van der Waals surface area contributed by atoms with E-state index < -0.39 is 0 Å². The quantitative estimate of drug-likeness (QED) is 0.818. The van der Waals surface area contributed by atoms with E-state index in [0.717, 1.165) is 29.0 Å². The van der Waals surface area contributed by atoms with Gasteiger partial charge in [0.1, 0.15) is 5.75 Å². The van der Waals surface area contributed by atoms with Gasteiger partial charge in [-0.1, -0.05) is 6.92 Å². The molecule has 1 aromatic heterocycles. The highest BCUT2D eigenvalue weighted by Crippen LogP contribution is 2.30. The van der Waals surface area contributed by atoms with Crippen molar-refractivity contribution in [2.24, 2.45) is 0 Å². The van der Waals surface area contributed by atoms with Crippen molar-refractivity contribution in [1.29, 1.82) is 0 Å². The number of hydrogen-bond donors (Lipinski definition) is 0. The van der Waals surface area contributed by atoms with Crippen molar-refractivity contribution in [2.75, 3.05) is 7.11 Å². The fourth-order valence-electron chi connectivity index (χ4n) is 2.03. The minimum absolute atomic E-state index is 0.972. The number of benzene rings is 1. The SMILES string of the molecule is CCc1nc(-c2cc(C)c(OC)c(C)c2)cs1. The second-order valence-corrected chi connectivity index (χ2v) is 5.07. The van der Waals surface area contributed by atoms with Crippen LogP contribution in [-0.4, -0.2) is 12.1 Å². The van der Waals surface area contributed by atoms with Gasteiger partial charge in [-0.3, -0.25) is 0 Å². The molecule has 0 radical (unpaired) electrons. The number of nitrogens with zero attached hydrogens (tertiary/aromatic N) is 1. The Balaban J connectivity index is 2.46. The molecule has 0 unspecified atom stereocenters. The Bertz CT molecular complexity index is 508. The molecule has 1 heterocycles. The Morgan fingerprint density at radius 3 is 2.35 bits per heavy atom. The summed E-state index contributed by atoms with van der Waals surface area (Å²) in [6, 6.07) is 4.28. The molecule has 0 saturated carbocycles. The van der Waals surface area contributed by atoms with Crippen LogP contribution in [0.15, 0.2) is 17.5 Å². The van der Waals surface area contributed by atoms with E-state index in [1.807, 2.05) is 0 Å². The molecule has 2 nitrogen and oxygen atoms in total. The van der Waals surface area contributed by atoms with Crippen molar-refractivity contribution in [3.63, 3.8) is 0 Å². The summed E-state index contributed by atoms with van der Waals surface area (Å²) in [5, 5.41) is 3.31. The first-order valence-corrected chi connectivity index (χ1v) is 6.63. The maximum Gasteiger partial charge on any atom is 0.124 e. The van der Waals surface area contributed by atoms with Crippen LogP contribution in [0.3, 0.4) is 0 Å². The molecule has 1 aromatic carbocycles. The van der Waals surface area contributed by atoms with Crippen LogP contribution in [0.4, 0.5) is 0 Å². The van der Waals surface area contributed by atoms with Gasteiger partial charge in [-0.2, -0.15) is 0 Å². The molecule has 0 aliphatic rings. The van der Waals surface area contributed by atoms with Crippen LogP contribution in [0.25, 0.3) is 11.3 Å². The number of methoxy groups -OCH3 is 1. The topological polar surface area (TPSA) is 22.1 Å². The number of aryl methyl sites for hydroxylation is 3. The van der Waals surface area contributed by atoms with Crippen LogP contribution >= 0.6 is 11.3 Å². The molecule has 0 fully saturated rings. The summed E-state index contributed by atoms with van der Waals surface area (Å²) in [6.07, 6.45) is 0.999. The molecule has 2 rings (SSSR count). The minimum atomic E-state index is 0.972. The van der Waals surface area contributed by atoms with Crippen LogP contribution in [0, 0.1) is 13.8 Å². The normalized spacial score (nSPS) is 10.6. The lowest BCUT2D eigenvalue weighted by molar-refractivity contribution is 0.408. The predicted molar refractivity (Wildman–Crippen MR) is 73.0 cm³/mol. The summed E-state index contributed by atoms with van der Waals surface area (Å²) < 4.78 is 5.38. The zero-order chi connectivity index (χ0) is 12.4. The lowest BCUT2D eigenvalue weighted by Crippen LogP contribution is -1.92. The molecular weight excluding hydrogens is 230 g/mol. The van der Waals surface area contributed by atoms with Crippen molar-refractivity contribution in [2.45, 2.75) is 27.2 Å². The zero-order valence-corrected chi connectivity index (χ0v) is 11.5. The van der Waals surface area contributed by atoms with Gasteiger partial charge in [-0.25, -0.2) is 4.98 Å². The monoisotopic (exact) mass is 247 g/mol. The van der Waals surface area contributed by atoms with Gasteiger partial charge in [0.05, 0.1) is 17.8 Å². The van der Waals surface area contributed by atoms with Gasteiger partial charge in [0.15, 0.2) is 0 Å². The molecule has 0 spiro atoms. The average molecular weight is 247 g/mol. The van der Waals surface area contributed by atoms with Gasteiger partial charge < -0.3 is 4.74 Å². The Labute approximate surface area is 106 Å². The summed E-state index contributed by atoms with van der Waals surface area (Å²) in [7, 11) is 1.72. The van der Waals surface area contributed by atoms with Crippen molar-refractivity contribution in [1.82, 2.24) is 4.98 Å². The van der Waals surface area contributed by atoms with Crippen molar-refractivity contribution in [3.8, 4) is 17.0 Å². The van der Waals surface area contributed by atoms with Crippen LogP contribution in [-0.2, 0) is 6.42 Å². The molecule has 0 saturated heterocycles. The molecule has 0 bridgehead atoms. The van der Waals surface area contributed by atoms with E-state index in [1.165, 1.54) is 10.6 Å². The maximum atomic E-state index is 5.38. The Morgan fingerprint density at radius 2 is 1.88 bits per heavy atom. The first kappa shape index (κ1) is 12.1. The van der Waals surface area contributed by atoms with Gasteiger partial charge in [0, 0.05) is 10.9 Å². The summed E-state index contributed by atoms with van der Waals surface area (Å²) in [6.45, 7) is 6.28. The molecule has 0 aliphatic heterocycles. The van der Waals surface area contributed by atoms with Gasteiger partial charge >= 0.3 is 0 Å². The highest BCUT2D eigenvalue weighted by molar-refractivity contribution is 7.09. The van der Waals surface area contributed by atoms with Gasteiger partial charge in [0.2, 0.25) is 0 Å². The van der Waals surface area contributed by atoms with Crippen LogP contribution in [0.5, 0.6) is 5.75 Å². The molecule has 0 amide bonds. The summed E-state index contributed by atoms with van der Waals surface area (Å²) in [5.74, 6) is 0.972. The standard InChI is InChI=1S/C14H17NOS/c1-5-13-15-12(8-17-13)11-6-9(2)14(16-4)10(3)7-11/h6-8H,5H2,1-4H3. The number of rotatable bonds is 3. The smallest absolute Gasteiger partial charge is 0.124 e. The summed E-state index contributed by atoms with van der Waals surface area (Å²) in [4.78, 5) is 4.61. The van der Waals surface area contributed by atoms with E-state index in [0.29, 0.717) is 0 Å². The highest BCUT2D eigenvalue weighted by Gasteiger charge is 2.09. The lowest BCUT2D eigenvalue weighted by Gasteiger charge is -2.10. The maximum absolute atomic E-state index is 5.38. The number of thiazole rings is 1. The fraction of sp³-hybridized carbons (Fsp3) is 0.357. The third-order valence-corrected chi connectivity index (χ3v) is 3.81. The lowest BCUT2D eigenvalue weighted by atomic mass is 10.0. The molecule has 3 heteroatoms. The summed E-state index contributed by atoms with van der Waals surface area (Å²) in [5.41, 5.74) is 4.57. The Kier molecular flexibility index (Phi) is 3.48. The van der Waals surface area contributed by atoms with Crippen molar-refractivity contribution < 1.29 is 4.74 Å². The van der Waals surface area contributed by atoms with E-state index >= 15 is 0 Å². The second kappa shape index (κ2) is 4.88. The first-order chi connectivity index (χ1) is 8.15.